The van der Waals surface area contributed by atoms with Crippen LogP contribution in [0.3, 0.4) is 0 Å². The first-order valence-corrected chi connectivity index (χ1v) is 17.6. The molecule has 0 unspecified atom stereocenters. The summed E-state index contributed by atoms with van der Waals surface area (Å²) in [5.41, 5.74) is -1.11. The van der Waals surface area contributed by atoms with Crippen LogP contribution in [0, 0.1) is 5.41 Å². The zero-order valence-electron chi connectivity index (χ0n) is 19.9. The van der Waals surface area contributed by atoms with E-state index in [1.165, 1.54) is 0 Å². The maximum absolute atomic E-state index is 13.4. The lowest BCUT2D eigenvalue weighted by Gasteiger charge is -2.58. The third kappa shape index (κ3) is 4.07. The number of amides is 3. The van der Waals surface area contributed by atoms with Crippen LogP contribution in [0.4, 0.5) is 4.79 Å². The lowest BCUT2D eigenvalue weighted by Crippen LogP contribution is -2.71. The Morgan fingerprint density at radius 3 is 2.18 bits per heavy atom. The fraction of sp³-hybridized carbons (Fsp3) is 0.909. The van der Waals surface area contributed by atoms with Crippen LogP contribution in [0.2, 0.25) is 25.7 Å². The summed E-state index contributed by atoms with van der Waals surface area (Å²) in [6.45, 7) is 8.40. The molecule has 11 heteroatoms. The summed E-state index contributed by atoms with van der Waals surface area (Å²) in [6.07, 6.45) is 5.23. The maximum Gasteiger partial charge on any atom is 0.329 e. The van der Waals surface area contributed by atoms with Crippen molar-refractivity contribution in [3.8, 4) is 0 Å². The van der Waals surface area contributed by atoms with Crippen LogP contribution < -0.4 is 0 Å². The van der Waals surface area contributed by atoms with Crippen LogP contribution in [0.5, 0.6) is 0 Å². The van der Waals surface area contributed by atoms with E-state index >= 15 is 0 Å². The van der Waals surface area contributed by atoms with Gasteiger partial charge in [0.1, 0.15) is 6.73 Å². The topological polar surface area (TPSA) is 102 Å². The maximum atomic E-state index is 13.4. The van der Waals surface area contributed by atoms with E-state index in [0.29, 0.717) is 19.8 Å². The molecule has 0 aromatic carbocycles. The quantitative estimate of drug-likeness (QED) is 0.313. The Hall–Kier alpha value is -1.01. The number of hydrogen-bond acceptors (Lipinski definition) is 7. The predicted molar refractivity (Wildman–Crippen MR) is 123 cm³/mol. The van der Waals surface area contributed by atoms with Gasteiger partial charge in [0.05, 0.1) is 24.7 Å². The van der Waals surface area contributed by atoms with Crippen molar-refractivity contribution in [2.75, 3.05) is 38.1 Å². The molecular formula is C22H36N2O7SSi. The average Bonchev–Trinajstić information content (AvgIpc) is 3.20. The monoisotopic (exact) mass is 500 g/mol. The number of urea groups is 1. The van der Waals surface area contributed by atoms with Crippen molar-refractivity contribution in [3.05, 3.63) is 0 Å². The van der Waals surface area contributed by atoms with Crippen LogP contribution in [0.15, 0.2) is 0 Å². The van der Waals surface area contributed by atoms with Gasteiger partial charge in [0.25, 0.3) is 5.91 Å². The minimum atomic E-state index is -3.31. The van der Waals surface area contributed by atoms with E-state index in [9.17, 15) is 18.0 Å². The van der Waals surface area contributed by atoms with Crippen LogP contribution in [0.1, 0.15) is 38.5 Å². The smallest absolute Gasteiger partial charge is 0.329 e. The van der Waals surface area contributed by atoms with E-state index in [1.807, 2.05) is 0 Å². The largest absolute Gasteiger partial charge is 0.361 e. The number of ether oxygens (including phenoxy) is 3. The number of rotatable bonds is 6. The van der Waals surface area contributed by atoms with Gasteiger partial charge in [-0.05, 0) is 37.1 Å². The molecule has 0 radical (unpaired) electrons. The molecule has 186 valence electrons. The molecule has 0 aromatic heterocycles. The van der Waals surface area contributed by atoms with Crippen molar-refractivity contribution in [1.29, 1.82) is 0 Å². The molecule has 0 atom stereocenters. The normalized spacial score (nSPS) is 29.8. The van der Waals surface area contributed by atoms with Crippen LogP contribution in [-0.4, -0.2) is 93.7 Å². The fourth-order valence-electron chi connectivity index (χ4n) is 6.33. The van der Waals surface area contributed by atoms with Gasteiger partial charge in [0.2, 0.25) is 0 Å². The van der Waals surface area contributed by atoms with E-state index in [0.717, 1.165) is 49.5 Å². The molecule has 3 saturated heterocycles. The van der Waals surface area contributed by atoms with Crippen molar-refractivity contribution in [1.82, 2.24) is 9.80 Å². The number of nitrogens with zero attached hydrogens (tertiary/aromatic N) is 2. The van der Waals surface area contributed by atoms with Crippen molar-refractivity contribution in [3.63, 3.8) is 0 Å². The molecular weight excluding hydrogens is 464 g/mol. The second kappa shape index (κ2) is 7.74. The number of carbonyl (C=O) groups is 2. The summed E-state index contributed by atoms with van der Waals surface area (Å²) in [5.74, 6) is -1.39. The highest BCUT2D eigenvalue weighted by molar-refractivity contribution is 7.93. The zero-order valence-corrected chi connectivity index (χ0v) is 21.7. The van der Waals surface area contributed by atoms with Gasteiger partial charge in [-0.25, -0.2) is 18.1 Å². The molecule has 9 nitrogen and oxygen atoms in total. The van der Waals surface area contributed by atoms with Gasteiger partial charge in [0.15, 0.2) is 21.2 Å². The van der Waals surface area contributed by atoms with E-state index in [2.05, 4.69) is 19.6 Å². The van der Waals surface area contributed by atoms with E-state index in [1.54, 1.807) is 4.90 Å². The molecule has 3 spiro atoms. The molecule has 3 aliphatic heterocycles. The third-order valence-corrected chi connectivity index (χ3v) is 11.8. The number of hydrogen-bond donors (Lipinski definition) is 0. The Morgan fingerprint density at radius 2 is 1.64 bits per heavy atom. The first-order valence-electron chi connectivity index (χ1n) is 12.1. The molecule has 3 amide bonds. The molecule has 2 saturated carbocycles. The minimum Gasteiger partial charge on any atom is -0.361 e. The van der Waals surface area contributed by atoms with E-state index < -0.39 is 41.2 Å². The lowest BCUT2D eigenvalue weighted by molar-refractivity contribution is -0.203. The highest BCUT2D eigenvalue weighted by Crippen LogP contribution is 2.58. The number of imide groups is 1. The Balaban J connectivity index is 1.25. The second-order valence-electron chi connectivity index (χ2n) is 12.0. The van der Waals surface area contributed by atoms with Gasteiger partial charge >= 0.3 is 6.03 Å². The van der Waals surface area contributed by atoms with E-state index in [-0.39, 0.29) is 29.7 Å². The summed E-state index contributed by atoms with van der Waals surface area (Å²) in [6, 6.07) is 0.438. The summed E-state index contributed by atoms with van der Waals surface area (Å²) >= 11 is 0. The van der Waals surface area contributed by atoms with Crippen molar-refractivity contribution in [2.45, 2.75) is 81.6 Å². The zero-order chi connectivity index (χ0) is 23.7. The average molecular weight is 501 g/mol. The second-order valence-corrected chi connectivity index (χ2v) is 19.7. The lowest BCUT2D eigenvalue weighted by atomic mass is 9.57. The molecule has 2 aliphatic carbocycles. The number of carbonyl (C=O) groups excluding carboxylic acids is 2. The van der Waals surface area contributed by atoms with Crippen molar-refractivity contribution >= 4 is 29.8 Å². The minimum absolute atomic E-state index is 0.102. The van der Waals surface area contributed by atoms with E-state index in [4.69, 9.17) is 14.2 Å². The molecule has 0 N–H and O–H groups in total. The van der Waals surface area contributed by atoms with Crippen LogP contribution in [-0.2, 0) is 28.8 Å². The predicted octanol–water partition coefficient (Wildman–Crippen LogP) is 2.20. The summed E-state index contributed by atoms with van der Waals surface area (Å²) in [4.78, 5) is 29.4. The van der Waals surface area contributed by atoms with Gasteiger partial charge in [-0.1, -0.05) is 19.6 Å². The Kier molecular flexibility index (Phi) is 5.56. The third-order valence-electron chi connectivity index (χ3n) is 8.26. The standard InChI is InChI=1S/C22H36N2O7SSi/c1-33(2,3)11-10-29-16-23-18(25)21(14-32(27,28)15-21)24(19(23)26)17-12-20(13-17)4-6-22(7-5-20)30-8-9-31-22/h17H,4-16H2,1-3H3. The fourth-order valence-corrected chi connectivity index (χ4v) is 8.99. The molecule has 33 heavy (non-hydrogen) atoms. The summed E-state index contributed by atoms with van der Waals surface area (Å²) < 4.78 is 41.7. The van der Waals surface area contributed by atoms with Gasteiger partial charge in [-0.3, -0.25) is 4.79 Å². The number of sulfone groups is 1. The van der Waals surface area contributed by atoms with Gasteiger partial charge in [-0.2, -0.15) is 0 Å². The van der Waals surface area contributed by atoms with Crippen molar-refractivity contribution < 1.29 is 32.2 Å². The summed E-state index contributed by atoms with van der Waals surface area (Å²) in [7, 11) is -4.60. The van der Waals surface area contributed by atoms with Crippen LogP contribution >= 0.6 is 0 Å². The first kappa shape index (κ1) is 23.7. The van der Waals surface area contributed by atoms with Crippen molar-refractivity contribution in [2.24, 2.45) is 5.41 Å². The molecule has 3 heterocycles. The molecule has 5 aliphatic rings. The first-order chi connectivity index (χ1) is 15.4. The van der Waals surface area contributed by atoms with Gasteiger partial charge in [0, 0.05) is 33.6 Å². The molecule has 5 fully saturated rings. The Labute approximate surface area is 197 Å². The summed E-state index contributed by atoms with van der Waals surface area (Å²) in [5, 5.41) is 0. The molecule has 0 bridgehead atoms. The SMILES string of the molecule is C[Si](C)(C)CCOCN1C(=O)N(C2CC3(CCC4(CC3)OCCO4)C2)C2(CS(=O)(=O)C2)C1=O. The van der Waals surface area contributed by atoms with Gasteiger partial charge < -0.3 is 19.1 Å². The Morgan fingerprint density at radius 1 is 1.03 bits per heavy atom. The highest BCUT2D eigenvalue weighted by Gasteiger charge is 2.70. The Bertz CT molecular complexity index is 911. The van der Waals surface area contributed by atoms with Crippen LogP contribution in [0.25, 0.3) is 0 Å². The highest BCUT2D eigenvalue weighted by atomic mass is 32.2. The van der Waals surface area contributed by atoms with Gasteiger partial charge in [-0.15, -0.1) is 0 Å². The molecule has 0 aromatic rings. The molecule has 5 rings (SSSR count).